The number of unbranched alkanes of at least 4 members (excludes halogenated alkanes) is 1. The number of ether oxygens (including phenoxy) is 3. The molecule has 1 aromatic rings. The molecule has 0 radical (unpaired) electrons. The van der Waals surface area contributed by atoms with E-state index in [4.69, 9.17) is 14.2 Å². The maximum Gasteiger partial charge on any atom is 0.407 e. The third-order valence-electron chi connectivity index (χ3n) is 4.36. The zero-order chi connectivity index (χ0) is 17.9. The SMILES string of the molecule is CC(C)(C)OC(=O)NCCCCN1CCc2cc3c(cc2C1)OCO3. The summed E-state index contributed by atoms with van der Waals surface area (Å²) < 4.78 is 16.2. The first-order chi connectivity index (χ1) is 11.9. The number of alkyl carbamates (subject to hydrolysis) is 1. The summed E-state index contributed by atoms with van der Waals surface area (Å²) in [5.74, 6) is 1.74. The monoisotopic (exact) mass is 348 g/mol. The summed E-state index contributed by atoms with van der Waals surface area (Å²) in [6.45, 7) is 9.63. The summed E-state index contributed by atoms with van der Waals surface area (Å²) in [7, 11) is 0. The standard InChI is InChI=1S/C19H28N2O4/c1-19(2,3)25-18(22)20-7-4-5-8-21-9-6-14-10-16-17(24-13-23-16)11-15(14)12-21/h10-11H,4-9,12-13H2,1-3H3,(H,20,22). The van der Waals surface area contributed by atoms with Gasteiger partial charge in [0, 0.05) is 19.6 Å². The van der Waals surface area contributed by atoms with E-state index in [1.807, 2.05) is 20.8 Å². The van der Waals surface area contributed by atoms with Crippen LogP contribution >= 0.6 is 0 Å². The van der Waals surface area contributed by atoms with E-state index in [9.17, 15) is 4.79 Å². The zero-order valence-electron chi connectivity index (χ0n) is 15.4. The molecule has 0 unspecified atom stereocenters. The van der Waals surface area contributed by atoms with Crippen LogP contribution in [0.1, 0.15) is 44.7 Å². The maximum atomic E-state index is 11.6. The maximum absolute atomic E-state index is 11.6. The molecular weight excluding hydrogens is 320 g/mol. The largest absolute Gasteiger partial charge is 0.454 e. The Morgan fingerprint density at radius 1 is 1.20 bits per heavy atom. The molecule has 0 bridgehead atoms. The van der Waals surface area contributed by atoms with Crippen molar-refractivity contribution in [2.24, 2.45) is 0 Å². The minimum Gasteiger partial charge on any atom is -0.454 e. The van der Waals surface area contributed by atoms with Gasteiger partial charge in [-0.15, -0.1) is 0 Å². The van der Waals surface area contributed by atoms with E-state index >= 15 is 0 Å². The van der Waals surface area contributed by atoms with Crippen LogP contribution < -0.4 is 14.8 Å². The predicted octanol–water partition coefficient (Wildman–Crippen LogP) is 3.08. The van der Waals surface area contributed by atoms with Crippen LogP contribution in [0.15, 0.2) is 12.1 Å². The van der Waals surface area contributed by atoms with Crippen LogP contribution in [-0.4, -0.2) is 43.0 Å². The molecule has 3 rings (SSSR count). The number of nitrogens with one attached hydrogen (secondary N) is 1. The Balaban J connectivity index is 1.37. The van der Waals surface area contributed by atoms with Crippen LogP contribution in [0.2, 0.25) is 0 Å². The van der Waals surface area contributed by atoms with Gasteiger partial charge in [-0.1, -0.05) is 0 Å². The van der Waals surface area contributed by atoms with Gasteiger partial charge < -0.3 is 19.5 Å². The second-order valence-corrected chi connectivity index (χ2v) is 7.64. The van der Waals surface area contributed by atoms with Gasteiger partial charge in [0.25, 0.3) is 0 Å². The molecule has 1 N–H and O–H groups in total. The summed E-state index contributed by atoms with van der Waals surface area (Å²) in [6.07, 6.45) is 2.71. The molecule has 2 aliphatic rings. The number of nitrogens with zero attached hydrogens (tertiary/aromatic N) is 1. The van der Waals surface area contributed by atoms with Crippen molar-refractivity contribution in [2.45, 2.75) is 52.2 Å². The quantitative estimate of drug-likeness (QED) is 0.829. The topological polar surface area (TPSA) is 60.0 Å². The number of hydrogen-bond acceptors (Lipinski definition) is 5. The zero-order valence-corrected chi connectivity index (χ0v) is 15.4. The number of amides is 1. The third-order valence-corrected chi connectivity index (χ3v) is 4.36. The van der Waals surface area contributed by atoms with Gasteiger partial charge >= 0.3 is 6.09 Å². The van der Waals surface area contributed by atoms with Crippen LogP contribution in [0.3, 0.4) is 0 Å². The smallest absolute Gasteiger partial charge is 0.407 e. The Morgan fingerprint density at radius 2 is 1.92 bits per heavy atom. The van der Waals surface area contributed by atoms with Gasteiger partial charge in [-0.2, -0.15) is 0 Å². The molecule has 0 atom stereocenters. The molecule has 2 heterocycles. The van der Waals surface area contributed by atoms with Crippen LogP contribution in [0, 0.1) is 0 Å². The molecule has 2 aliphatic heterocycles. The Hall–Kier alpha value is -1.95. The van der Waals surface area contributed by atoms with E-state index in [0.29, 0.717) is 13.3 Å². The van der Waals surface area contributed by atoms with E-state index in [2.05, 4.69) is 22.3 Å². The first-order valence-electron chi connectivity index (χ1n) is 9.01. The van der Waals surface area contributed by atoms with Crippen molar-refractivity contribution in [1.82, 2.24) is 10.2 Å². The highest BCUT2D eigenvalue weighted by Crippen LogP contribution is 2.36. The number of carbonyl (C=O) groups excluding carboxylic acids is 1. The molecule has 6 nitrogen and oxygen atoms in total. The molecule has 0 spiro atoms. The Labute approximate surface area is 149 Å². The summed E-state index contributed by atoms with van der Waals surface area (Å²) in [4.78, 5) is 14.0. The summed E-state index contributed by atoms with van der Waals surface area (Å²) in [5.41, 5.74) is 2.26. The Bertz CT molecular complexity index is 625. The van der Waals surface area contributed by atoms with E-state index in [1.165, 1.54) is 11.1 Å². The van der Waals surface area contributed by atoms with E-state index in [-0.39, 0.29) is 6.09 Å². The lowest BCUT2D eigenvalue weighted by Gasteiger charge is -2.29. The first kappa shape index (κ1) is 17.9. The third kappa shape index (κ3) is 5.01. The molecule has 25 heavy (non-hydrogen) atoms. The van der Waals surface area contributed by atoms with Gasteiger partial charge in [-0.25, -0.2) is 4.79 Å². The molecule has 6 heteroatoms. The summed E-state index contributed by atoms with van der Waals surface area (Å²) in [5, 5.41) is 2.81. The van der Waals surface area contributed by atoms with Crippen molar-refractivity contribution in [1.29, 1.82) is 0 Å². The highest BCUT2D eigenvalue weighted by Gasteiger charge is 2.22. The number of carbonyl (C=O) groups is 1. The van der Waals surface area contributed by atoms with Crippen molar-refractivity contribution < 1.29 is 19.0 Å². The van der Waals surface area contributed by atoms with Gasteiger partial charge in [0.2, 0.25) is 6.79 Å². The minimum absolute atomic E-state index is 0.326. The Kier molecular flexibility index (Phi) is 5.37. The second-order valence-electron chi connectivity index (χ2n) is 7.64. The fourth-order valence-corrected chi connectivity index (χ4v) is 3.16. The van der Waals surface area contributed by atoms with Gasteiger partial charge in [-0.05, 0) is 69.8 Å². The van der Waals surface area contributed by atoms with E-state index < -0.39 is 5.60 Å². The summed E-state index contributed by atoms with van der Waals surface area (Å²) in [6, 6.07) is 4.24. The van der Waals surface area contributed by atoms with Crippen molar-refractivity contribution in [3.8, 4) is 11.5 Å². The average Bonchev–Trinajstić information content (AvgIpc) is 2.97. The normalized spacial score (nSPS) is 16.4. The van der Waals surface area contributed by atoms with Crippen LogP contribution in [-0.2, 0) is 17.7 Å². The van der Waals surface area contributed by atoms with Crippen LogP contribution in [0.4, 0.5) is 4.79 Å². The molecule has 0 saturated carbocycles. The van der Waals surface area contributed by atoms with Crippen molar-refractivity contribution in [2.75, 3.05) is 26.4 Å². The van der Waals surface area contributed by atoms with Gasteiger partial charge in [0.1, 0.15) is 5.60 Å². The number of benzene rings is 1. The molecule has 0 fully saturated rings. The van der Waals surface area contributed by atoms with Crippen molar-refractivity contribution >= 4 is 6.09 Å². The fourth-order valence-electron chi connectivity index (χ4n) is 3.16. The van der Waals surface area contributed by atoms with Gasteiger partial charge in [0.05, 0.1) is 0 Å². The molecule has 0 aliphatic carbocycles. The van der Waals surface area contributed by atoms with Crippen molar-refractivity contribution in [3.05, 3.63) is 23.3 Å². The lowest BCUT2D eigenvalue weighted by Crippen LogP contribution is -2.34. The molecule has 0 saturated heterocycles. The highest BCUT2D eigenvalue weighted by molar-refractivity contribution is 5.67. The molecular formula is C19H28N2O4. The van der Waals surface area contributed by atoms with Crippen LogP contribution in [0.5, 0.6) is 11.5 Å². The lowest BCUT2D eigenvalue weighted by atomic mass is 9.98. The first-order valence-corrected chi connectivity index (χ1v) is 9.01. The predicted molar refractivity (Wildman–Crippen MR) is 95.0 cm³/mol. The molecule has 0 aromatic heterocycles. The minimum atomic E-state index is -0.444. The molecule has 138 valence electrons. The number of hydrogen-bond donors (Lipinski definition) is 1. The fraction of sp³-hybridized carbons (Fsp3) is 0.632. The lowest BCUT2D eigenvalue weighted by molar-refractivity contribution is 0.0526. The van der Waals surface area contributed by atoms with Gasteiger partial charge in [0.15, 0.2) is 11.5 Å². The Morgan fingerprint density at radius 3 is 2.64 bits per heavy atom. The second kappa shape index (κ2) is 7.52. The van der Waals surface area contributed by atoms with Crippen LogP contribution in [0.25, 0.3) is 0 Å². The van der Waals surface area contributed by atoms with E-state index in [0.717, 1.165) is 50.4 Å². The molecule has 1 amide bonds. The van der Waals surface area contributed by atoms with Crippen molar-refractivity contribution in [3.63, 3.8) is 0 Å². The number of rotatable bonds is 5. The highest BCUT2D eigenvalue weighted by atomic mass is 16.7. The molecule has 1 aromatic carbocycles. The summed E-state index contributed by atoms with van der Waals surface area (Å²) >= 11 is 0. The number of fused-ring (bicyclic) bond motifs is 2. The van der Waals surface area contributed by atoms with E-state index in [1.54, 1.807) is 0 Å². The van der Waals surface area contributed by atoms with Gasteiger partial charge in [-0.3, -0.25) is 4.90 Å². The average molecular weight is 348 g/mol.